The fraction of sp³-hybridized carbons (Fsp3) is 0.167. The van der Waals surface area contributed by atoms with Crippen molar-refractivity contribution in [1.29, 1.82) is 0 Å². The molecule has 0 aromatic heterocycles. The van der Waals surface area contributed by atoms with Crippen molar-refractivity contribution in [2.75, 3.05) is 11.9 Å². The summed E-state index contributed by atoms with van der Waals surface area (Å²) in [7, 11) is -5.69. The Hall–Kier alpha value is -2.53. The number of benzene rings is 1. The Morgan fingerprint density at radius 3 is 2.35 bits per heavy atom. The predicted molar refractivity (Wildman–Crippen MR) is 73.7 cm³/mol. The molecule has 1 aromatic carbocycles. The Bertz CT molecular complexity index is 701. The van der Waals surface area contributed by atoms with Gasteiger partial charge in [0, 0.05) is 11.8 Å². The number of alkyl halides is 2. The lowest BCUT2D eigenvalue weighted by Gasteiger charge is -2.13. The zero-order chi connectivity index (χ0) is 17.7. The molecule has 0 aliphatic rings. The van der Waals surface area contributed by atoms with E-state index in [9.17, 15) is 26.8 Å². The third-order valence-corrected chi connectivity index (χ3v) is 3.11. The number of hydrogen-bond acceptors (Lipinski definition) is 6. The third kappa shape index (κ3) is 5.64. The Morgan fingerprint density at radius 1 is 1.30 bits per heavy atom. The highest BCUT2D eigenvalue weighted by atomic mass is 32.2. The van der Waals surface area contributed by atoms with Crippen LogP contribution in [-0.4, -0.2) is 36.9 Å². The molecule has 8 nitrogen and oxygen atoms in total. The van der Waals surface area contributed by atoms with Gasteiger partial charge in [-0.15, -0.1) is 0 Å². The number of rotatable bonds is 6. The third-order valence-electron chi connectivity index (χ3n) is 2.23. The van der Waals surface area contributed by atoms with Gasteiger partial charge in [-0.3, -0.25) is 9.87 Å². The van der Waals surface area contributed by atoms with Crippen LogP contribution in [0.2, 0.25) is 0 Å². The molecular weight excluding hydrogens is 340 g/mol. The summed E-state index contributed by atoms with van der Waals surface area (Å²) >= 11 is 0. The summed E-state index contributed by atoms with van der Waals surface area (Å²) in [4.78, 5) is 22.2. The van der Waals surface area contributed by atoms with E-state index in [1.165, 1.54) is 24.3 Å². The lowest BCUT2D eigenvalue weighted by atomic mass is 10.3. The minimum absolute atomic E-state index is 0.101. The van der Waals surface area contributed by atoms with Gasteiger partial charge in [-0.25, -0.2) is 9.59 Å². The first-order chi connectivity index (χ1) is 10.5. The molecule has 0 spiro atoms. The Balaban J connectivity index is 2.58. The Kier molecular flexibility index (Phi) is 5.76. The smallest absolute Gasteiger partial charge is 0.411 e. The van der Waals surface area contributed by atoms with Gasteiger partial charge in [-0.05, 0) is 24.3 Å². The molecule has 2 N–H and O–H groups in total. The predicted octanol–water partition coefficient (Wildman–Crippen LogP) is 1.81. The van der Waals surface area contributed by atoms with E-state index in [4.69, 9.17) is 9.29 Å². The maximum atomic E-state index is 12.8. The summed E-state index contributed by atoms with van der Waals surface area (Å²) in [6.45, 7) is 1.35. The summed E-state index contributed by atoms with van der Waals surface area (Å²) in [5.74, 6) is -0.552. The van der Waals surface area contributed by atoms with E-state index in [0.29, 0.717) is 0 Å². The molecule has 1 rings (SSSR count). The molecule has 0 fully saturated rings. The lowest BCUT2D eigenvalue weighted by molar-refractivity contribution is -0.128. The molecular formula is C12H11F2NO7S. The zero-order valence-electron chi connectivity index (χ0n) is 11.4. The Morgan fingerprint density at radius 2 is 1.87 bits per heavy atom. The van der Waals surface area contributed by atoms with Gasteiger partial charge in [-0.2, -0.15) is 17.2 Å². The van der Waals surface area contributed by atoms with Crippen molar-refractivity contribution in [2.45, 2.75) is 5.25 Å². The second kappa shape index (κ2) is 7.15. The standard InChI is InChI=1S/C12H11F2NO7S/c1-2-10(16)22-9-5-3-8(4-6-9)15-11(17)21-7-12(13,14)23(18,19)20/h2-6H,1,7H2,(H,15,17)(H,18,19,20). The normalized spacial score (nSPS) is 11.4. The highest BCUT2D eigenvalue weighted by Crippen LogP contribution is 2.21. The van der Waals surface area contributed by atoms with Crippen LogP contribution in [-0.2, 0) is 19.6 Å². The number of carbonyl (C=O) groups excluding carboxylic acids is 2. The fourth-order valence-corrected chi connectivity index (χ4v) is 1.35. The van der Waals surface area contributed by atoms with E-state index in [1.54, 1.807) is 0 Å². The number of halogens is 2. The van der Waals surface area contributed by atoms with E-state index < -0.39 is 34.0 Å². The van der Waals surface area contributed by atoms with E-state index in [1.807, 2.05) is 5.32 Å². The van der Waals surface area contributed by atoms with Crippen molar-refractivity contribution < 1.29 is 40.8 Å². The van der Waals surface area contributed by atoms with Gasteiger partial charge in [0.15, 0.2) is 6.61 Å². The van der Waals surface area contributed by atoms with Crippen molar-refractivity contribution in [2.24, 2.45) is 0 Å². The van der Waals surface area contributed by atoms with Crippen LogP contribution in [0.25, 0.3) is 0 Å². The van der Waals surface area contributed by atoms with E-state index in [0.717, 1.165) is 6.08 Å². The van der Waals surface area contributed by atoms with Gasteiger partial charge < -0.3 is 9.47 Å². The van der Waals surface area contributed by atoms with Crippen LogP contribution in [0.4, 0.5) is 19.3 Å². The van der Waals surface area contributed by atoms with Crippen molar-refractivity contribution in [1.82, 2.24) is 0 Å². The molecule has 0 unspecified atom stereocenters. The van der Waals surface area contributed by atoms with Crippen LogP contribution in [0.3, 0.4) is 0 Å². The fourth-order valence-electron chi connectivity index (χ4n) is 1.14. The molecule has 11 heteroatoms. The highest BCUT2D eigenvalue weighted by Gasteiger charge is 2.45. The molecule has 0 radical (unpaired) electrons. The molecule has 126 valence electrons. The van der Waals surface area contributed by atoms with Crippen LogP contribution in [0.1, 0.15) is 0 Å². The van der Waals surface area contributed by atoms with Crippen LogP contribution < -0.4 is 10.1 Å². The first-order valence-corrected chi connectivity index (χ1v) is 7.22. The average molecular weight is 351 g/mol. The minimum atomic E-state index is -5.69. The number of ether oxygens (including phenoxy) is 2. The minimum Gasteiger partial charge on any atom is -0.442 e. The van der Waals surface area contributed by atoms with Gasteiger partial charge in [0.1, 0.15) is 5.75 Å². The summed E-state index contributed by atoms with van der Waals surface area (Å²) in [5.41, 5.74) is 0.101. The summed E-state index contributed by atoms with van der Waals surface area (Å²) in [6, 6.07) is 5.13. The van der Waals surface area contributed by atoms with Crippen molar-refractivity contribution in [3.05, 3.63) is 36.9 Å². The highest BCUT2D eigenvalue weighted by molar-refractivity contribution is 7.86. The number of anilines is 1. The summed E-state index contributed by atoms with van der Waals surface area (Å²) < 4.78 is 63.3. The Labute approximate surface area is 129 Å². The number of nitrogens with one attached hydrogen (secondary N) is 1. The van der Waals surface area contributed by atoms with Crippen molar-refractivity contribution >= 4 is 27.9 Å². The largest absolute Gasteiger partial charge is 0.442 e. The molecule has 0 aliphatic carbocycles. The number of esters is 1. The number of carbonyl (C=O) groups is 2. The molecule has 0 bridgehead atoms. The quantitative estimate of drug-likeness (QED) is 0.347. The van der Waals surface area contributed by atoms with E-state index in [-0.39, 0.29) is 11.4 Å². The maximum Gasteiger partial charge on any atom is 0.411 e. The molecule has 1 aromatic rings. The molecule has 1 amide bonds. The SMILES string of the molecule is C=CC(=O)Oc1ccc(NC(=O)OCC(F)(F)S(=O)(=O)O)cc1. The lowest BCUT2D eigenvalue weighted by Crippen LogP contribution is -2.35. The summed E-state index contributed by atoms with van der Waals surface area (Å²) in [6.07, 6.45) is -0.428. The molecule has 0 saturated heterocycles. The molecule has 0 aliphatic heterocycles. The molecule has 23 heavy (non-hydrogen) atoms. The summed E-state index contributed by atoms with van der Waals surface area (Å²) in [5, 5.41) is -2.59. The first-order valence-electron chi connectivity index (χ1n) is 5.78. The molecule has 0 saturated carbocycles. The molecule has 0 heterocycles. The first kappa shape index (κ1) is 18.5. The topological polar surface area (TPSA) is 119 Å². The van der Waals surface area contributed by atoms with Crippen LogP contribution in [0, 0.1) is 0 Å². The maximum absolute atomic E-state index is 12.8. The van der Waals surface area contributed by atoms with E-state index in [2.05, 4.69) is 11.3 Å². The van der Waals surface area contributed by atoms with Crippen LogP contribution in [0.5, 0.6) is 5.75 Å². The zero-order valence-corrected chi connectivity index (χ0v) is 12.2. The van der Waals surface area contributed by atoms with Crippen LogP contribution in [0.15, 0.2) is 36.9 Å². The number of hydrogen-bond donors (Lipinski definition) is 2. The average Bonchev–Trinajstić information content (AvgIpc) is 2.46. The monoisotopic (exact) mass is 351 g/mol. The van der Waals surface area contributed by atoms with Crippen molar-refractivity contribution in [3.8, 4) is 5.75 Å². The van der Waals surface area contributed by atoms with Gasteiger partial charge in [0.2, 0.25) is 0 Å². The van der Waals surface area contributed by atoms with Gasteiger partial charge in [0.25, 0.3) is 0 Å². The second-order valence-electron chi connectivity index (χ2n) is 3.96. The van der Waals surface area contributed by atoms with Crippen molar-refractivity contribution in [3.63, 3.8) is 0 Å². The van der Waals surface area contributed by atoms with Gasteiger partial charge >= 0.3 is 27.4 Å². The number of amides is 1. The second-order valence-corrected chi connectivity index (χ2v) is 5.51. The van der Waals surface area contributed by atoms with E-state index >= 15 is 0 Å². The van der Waals surface area contributed by atoms with Crippen LogP contribution >= 0.6 is 0 Å². The van der Waals surface area contributed by atoms with Gasteiger partial charge in [0.05, 0.1) is 0 Å². The molecule has 0 atom stereocenters. The van der Waals surface area contributed by atoms with Gasteiger partial charge in [-0.1, -0.05) is 6.58 Å².